The molecule has 1 atom stereocenters. The molecule has 1 unspecified atom stereocenters. The Morgan fingerprint density at radius 2 is 2.25 bits per heavy atom. The molecule has 0 fully saturated rings. The highest BCUT2D eigenvalue weighted by Crippen LogP contribution is 2.34. The molecular formula is C8H11BrF3N3O. The molecule has 92 valence electrons. The van der Waals surface area contributed by atoms with E-state index >= 15 is 0 Å². The monoisotopic (exact) mass is 301 g/mol. The summed E-state index contributed by atoms with van der Waals surface area (Å²) in [5.74, 6) is 0. The molecule has 4 nitrogen and oxygen atoms in total. The second-order valence-electron chi connectivity index (χ2n) is 3.11. The summed E-state index contributed by atoms with van der Waals surface area (Å²) in [5, 5.41) is 3.80. The Hall–Kier alpha value is -0.600. The summed E-state index contributed by atoms with van der Waals surface area (Å²) in [6, 6.07) is -2.05. The van der Waals surface area contributed by atoms with Crippen LogP contribution in [0, 0.1) is 0 Å². The van der Waals surface area contributed by atoms with Crippen LogP contribution in [0.1, 0.15) is 11.7 Å². The molecule has 1 aromatic heterocycles. The number of hydrogen-bond acceptors (Lipinski definition) is 3. The smallest absolute Gasteiger partial charge is 0.383 e. The highest BCUT2D eigenvalue weighted by molar-refractivity contribution is 9.10. The maximum absolute atomic E-state index is 12.5. The van der Waals surface area contributed by atoms with E-state index in [-0.39, 0.29) is 23.3 Å². The maximum atomic E-state index is 12.5. The van der Waals surface area contributed by atoms with Crippen LogP contribution in [-0.4, -0.2) is 29.7 Å². The Morgan fingerprint density at radius 1 is 1.62 bits per heavy atom. The summed E-state index contributed by atoms with van der Waals surface area (Å²) >= 11 is 3.00. The lowest BCUT2D eigenvalue weighted by Crippen LogP contribution is -2.31. The molecule has 1 rings (SSSR count). The first-order valence-electron chi connectivity index (χ1n) is 4.40. The normalized spacial score (nSPS) is 14.1. The van der Waals surface area contributed by atoms with E-state index in [2.05, 4.69) is 21.0 Å². The van der Waals surface area contributed by atoms with Gasteiger partial charge in [0.15, 0.2) is 0 Å². The van der Waals surface area contributed by atoms with Crippen molar-refractivity contribution in [3.05, 3.63) is 16.4 Å². The Bertz CT molecular complexity index is 353. The van der Waals surface area contributed by atoms with Crippen LogP contribution in [0.5, 0.6) is 0 Å². The minimum atomic E-state index is -4.49. The predicted octanol–water partition coefficient (Wildman–Crippen LogP) is 1.85. The lowest BCUT2D eigenvalue weighted by atomic mass is 10.2. The number of alkyl halides is 3. The van der Waals surface area contributed by atoms with Gasteiger partial charge in [-0.2, -0.15) is 18.3 Å². The minimum absolute atomic E-state index is 0.0930. The molecule has 0 aliphatic carbocycles. The highest BCUT2D eigenvalue weighted by atomic mass is 79.9. The van der Waals surface area contributed by atoms with E-state index in [0.29, 0.717) is 0 Å². The number of halogens is 4. The molecule has 8 heteroatoms. The van der Waals surface area contributed by atoms with Crippen molar-refractivity contribution in [3.8, 4) is 0 Å². The quantitative estimate of drug-likeness (QED) is 0.923. The van der Waals surface area contributed by atoms with Crippen molar-refractivity contribution >= 4 is 15.9 Å². The van der Waals surface area contributed by atoms with Crippen LogP contribution >= 0.6 is 15.9 Å². The van der Waals surface area contributed by atoms with E-state index in [1.807, 2.05) is 0 Å². The lowest BCUT2D eigenvalue weighted by molar-refractivity contribution is -0.150. The minimum Gasteiger partial charge on any atom is -0.383 e. The predicted molar refractivity (Wildman–Crippen MR) is 54.8 cm³/mol. The van der Waals surface area contributed by atoms with Gasteiger partial charge in [-0.15, -0.1) is 0 Å². The molecule has 1 heterocycles. The first-order valence-corrected chi connectivity index (χ1v) is 5.19. The van der Waals surface area contributed by atoms with Crippen LogP contribution in [0.2, 0.25) is 0 Å². The van der Waals surface area contributed by atoms with Crippen LogP contribution in [0.15, 0.2) is 10.7 Å². The average Bonchev–Trinajstić information content (AvgIpc) is 2.54. The number of methoxy groups -OCH3 is 1. The van der Waals surface area contributed by atoms with Gasteiger partial charge in [-0.1, -0.05) is 0 Å². The second kappa shape index (κ2) is 5.15. The fraction of sp³-hybridized carbons (Fsp3) is 0.625. The number of hydrogen-bond donors (Lipinski definition) is 1. The van der Waals surface area contributed by atoms with Crippen molar-refractivity contribution in [1.82, 2.24) is 9.78 Å². The molecule has 16 heavy (non-hydrogen) atoms. The Balaban J connectivity index is 2.97. The van der Waals surface area contributed by atoms with Gasteiger partial charge < -0.3 is 10.5 Å². The van der Waals surface area contributed by atoms with Gasteiger partial charge in [0.1, 0.15) is 6.04 Å². The van der Waals surface area contributed by atoms with E-state index in [9.17, 15) is 13.2 Å². The third-order valence-electron chi connectivity index (χ3n) is 1.99. The standard InChI is InChI=1S/C8H11BrF3N3O/c1-16-3-2-15-6(5(9)4-14-15)7(13)8(10,11)12/h4,7H,2-3,13H2,1H3. The molecule has 0 amide bonds. The van der Waals surface area contributed by atoms with Crippen LogP contribution in [0.25, 0.3) is 0 Å². The molecule has 0 radical (unpaired) electrons. The van der Waals surface area contributed by atoms with E-state index in [4.69, 9.17) is 10.5 Å². The summed E-state index contributed by atoms with van der Waals surface area (Å²) in [6.45, 7) is 0.493. The van der Waals surface area contributed by atoms with Crippen LogP contribution in [0.3, 0.4) is 0 Å². The first kappa shape index (κ1) is 13.5. The zero-order chi connectivity index (χ0) is 12.3. The van der Waals surface area contributed by atoms with E-state index in [1.54, 1.807) is 0 Å². The van der Waals surface area contributed by atoms with Gasteiger partial charge in [-0.3, -0.25) is 4.68 Å². The van der Waals surface area contributed by atoms with E-state index in [1.165, 1.54) is 18.0 Å². The first-order chi connectivity index (χ1) is 7.38. The molecule has 0 bridgehead atoms. The number of aromatic nitrogens is 2. The molecule has 0 aliphatic heterocycles. The number of ether oxygens (including phenoxy) is 1. The van der Waals surface area contributed by atoms with Crippen LogP contribution in [-0.2, 0) is 11.3 Å². The van der Waals surface area contributed by atoms with Gasteiger partial charge in [0.2, 0.25) is 0 Å². The van der Waals surface area contributed by atoms with Crippen molar-refractivity contribution in [1.29, 1.82) is 0 Å². The number of nitrogens with two attached hydrogens (primary N) is 1. The SMILES string of the molecule is COCCn1ncc(Br)c1C(N)C(F)(F)F. The Labute approximate surface area is 98.7 Å². The zero-order valence-electron chi connectivity index (χ0n) is 8.46. The van der Waals surface area contributed by atoms with Crippen molar-refractivity contribution in [3.63, 3.8) is 0 Å². The fourth-order valence-electron chi connectivity index (χ4n) is 1.19. The van der Waals surface area contributed by atoms with E-state index in [0.717, 1.165) is 0 Å². The molecule has 0 saturated heterocycles. The number of nitrogens with zero attached hydrogens (tertiary/aromatic N) is 2. The second-order valence-corrected chi connectivity index (χ2v) is 3.97. The third-order valence-corrected chi connectivity index (χ3v) is 2.60. The molecule has 1 aromatic rings. The molecule has 2 N–H and O–H groups in total. The maximum Gasteiger partial charge on any atom is 0.409 e. The Kier molecular flexibility index (Phi) is 4.34. The van der Waals surface area contributed by atoms with E-state index < -0.39 is 12.2 Å². The Morgan fingerprint density at radius 3 is 2.75 bits per heavy atom. The molecular weight excluding hydrogens is 291 g/mol. The summed E-state index contributed by atoms with van der Waals surface area (Å²) in [5.41, 5.74) is 5.04. The average molecular weight is 302 g/mol. The van der Waals surface area contributed by atoms with Crippen molar-refractivity contribution in [2.24, 2.45) is 5.73 Å². The molecule has 0 aliphatic rings. The number of rotatable bonds is 4. The zero-order valence-corrected chi connectivity index (χ0v) is 10.0. The summed E-state index contributed by atoms with van der Waals surface area (Å²) < 4.78 is 43.6. The largest absolute Gasteiger partial charge is 0.409 e. The topological polar surface area (TPSA) is 53.1 Å². The third kappa shape index (κ3) is 2.96. The van der Waals surface area contributed by atoms with Gasteiger partial charge in [0.25, 0.3) is 0 Å². The molecule has 0 aromatic carbocycles. The van der Waals surface area contributed by atoms with Gasteiger partial charge in [0, 0.05) is 7.11 Å². The van der Waals surface area contributed by atoms with Gasteiger partial charge in [0.05, 0.1) is 29.5 Å². The summed E-state index contributed by atoms with van der Waals surface area (Å²) in [4.78, 5) is 0. The van der Waals surface area contributed by atoms with Crippen LogP contribution in [0.4, 0.5) is 13.2 Å². The van der Waals surface area contributed by atoms with Crippen LogP contribution < -0.4 is 5.73 Å². The molecule has 0 saturated carbocycles. The van der Waals surface area contributed by atoms with Gasteiger partial charge in [-0.25, -0.2) is 0 Å². The summed E-state index contributed by atoms with van der Waals surface area (Å²) in [6.07, 6.45) is -3.20. The lowest BCUT2D eigenvalue weighted by Gasteiger charge is -2.17. The summed E-state index contributed by atoms with van der Waals surface area (Å²) in [7, 11) is 1.46. The molecule has 0 spiro atoms. The van der Waals surface area contributed by atoms with Crippen molar-refractivity contribution < 1.29 is 17.9 Å². The fourth-order valence-corrected chi connectivity index (χ4v) is 1.73. The van der Waals surface area contributed by atoms with Crippen molar-refractivity contribution in [2.45, 2.75) is 18.8 Å². The van der Waals surface area contributed by atoms with Gasteiger partial charge in [-0.05, 0) is 15.9 Å². The van der Waals surface area contributed by atoms with Gasteiger partial charge >= 0.3 is 6.18 Å². The van der Waals surface area contributed by atoms with Crippen molar-refractivity contribution in [2.75, 3.05) is 13.7 Å². The highest BCUT2D eigenvalue weighted by Gasteiger charge is 2.41.